The van der Waals surface area contributed by atoms with Crippen LogP contribution < -0.4 is 5.32 Å². The van der Waals surface area contributed by atoms with Gasteiger partial charge in [0.05, 0.1) is 0 Å². The molecule has 0 saturated carbocycles. The topological polar surface area (TPSA) is 29.1 Å². The van der Waals surface area contributed by atoms with Gasteiger partial charge in [-0.05, 0) is 49.4 Å². The summed E-state index contributed by atoms with van der Waals surface area (Å²) in [7, 11) is 0. The van der Waals surface area contributed by atoms with Crippen LogP contribution in [-0.2, 0) is 0 Å². The molecule has 2 nitrogen and oxygen atoms in total. The summed E-state index contributed by atoms with van der Waals surface area (Å²) >= 11 is 9.21. The van der Waals surface area contributed by atoms with E-state index in [-0.39, 0.29) is 5.78 Å². The fraction of sp³-hybridized carbons (Fsp3) is 0.0625. The molecule has 102 valence electrons. The van der Waals surface area contributed by atoms with E-state index < -0.39 is 0 Å². The lowest BCUT2D eigenvalue weighted by molar-refractivity contribution is 0.104. The van der Waals surface area contributed by atoms with E-state index in [4.69, 9.17) is 11.6 Å². The van der Waals surface area contributed by atoms with Gasteiger partial charge in [0.1, 0.15) is 0 Å². The smallest absolute Gasteiger partial charge is 0.187 e. The van der Waals surface area contributed by atoms with Gasteiger partial charge in [0.15, 0.2) is 5.78 Å². The first kappa shape index (κ1) is 14.8. The van der Waals surface area contributed by atoms with E-state index in [9.17, 15) is 4.79 Å². The molecule has 0 aliphatic carbocycles. The molecule has 0 heterocycles. The third-order valence-corrected chi connectivity index (χ3v) is 3.39. The molecule has 2 rings (SSSR count). The molecule has 1 N–H and O–H groups in total. The van der Waals surface area contributed by atoms with E-state index >= 15 is 0 Å². The molecule has 0 radical (unpaired) electrons. The Morgan fingerprint density at radius 2 is 1.90 bits per heavy atom. The molecule has 20 heavy (non-hydrogen) atoms. The lowest BCUT2D eigenvalue weighted by Gasteiger charge is -2.06. The first-order valence-electron chi connectivity index (χ1n) is 6.05. The maximum Gasteiger partial charge on any atom is 0.187 e. The summed E-state index contributed by atoms with van der Waals surface area (Å²) < 4.78 is 0.985. The monoisotopic (exact) mass is 349 g/mol. The number of nitrogens with one attached hydrogen (secondary N) is 1. The van der Waals surface area contributed by atoms with Gasteiger partial charge in [0, 0.05) is 32.5 Å². The Balaban J connectivity index is 2.10. The molecule has 4 heteroatoms. The summed E-state index contributed by atoms with van der Waals surface area (Å²) in [5.74, 6) is -0.0540. The molecule has 0 saturated heterocycles. The van der Waals surface area contributed by atoms with E-state index in [2.05, 4.69) is 21.2 Å². The average Bonchev–Trinajstić information content (AvgIpc) is 2.39. The molecule has 0 fully saturated rings. The molecule has 0 unspecified atom stereocenters. The third kappa shape index (κ3) is 4.22. The lowest BCUT2D eigenvalue weighted by Crippen LogP contribution is -2.01. The first-order valence-corrected chi connectivity index (χ1v) is 7.22. The SMILES string of the molecule is C/C(=C\C(=O)c1ccc(Cl)cc1)Nc1cccc(Br)c1. The van der Waals surface area contributed by atoms with Crippen molar-refractivity contribution in [2.75, 3.05) is 5.32 Å². The van der Waals surface area contributed by atoms with Gasteiger partial charge in [0.2, 0.25) is 0 Å². The number of rotatable bonds is 4. The maximum absolute atomic E-state index is 12.1. The molecule has 0 aliphatic rings. The molecule has 0 aromatic heterocycles. The van der Waals surface area contributed by atoms with Crippen LogP contribution in [-0.4, -0.2) is 5.78 Å². The van der Waals surface area contributed by atoms with Crippen molar-refractivity contribution in [1.82, 2.24) is 0 Å². The van der Waals surface area contributed by atoms with Crippen LogP contribution in [0, 0.1) is 0 Å². The van der Waals surface area contributed by atoms with Crippen LogP contribution in [0.25, 0.3) is 0 Å². The molecular formula is C16H13BrClNO. The highest BCUT2D eigenvalue weighted by molar-refractivity contribution is 9.10. The molecule has 0 aliphatic heterocycles. The maximum atomic E-state index is 12.1. The minimum Gasteiger partial charge on any atom is -0.359 e. The average molecular weight is 351 g/mol. The summed E-state index contributed by atoms with van der Waals surface area (Å²) in [5.41, 5.74) is 2.32. The number of hydrogen-bond donors (Lipinski definition) is 1. The van der Waals surface area contributed by atoms with Crippen LogP contribution in [0.1, 0.15) is 17.3 Å². The molecule has 0 bridgehead atoms. The number of carbonyl (C=O) groups excluding carboxylic acids is 1. The highest BCUT2D eigenvalue weighted by Crippen LogP contribution is 2.17. The summed E-state index contributed by atoms with van der Waals surface area (Å²) in [6.07, 6.45) is 1.57. The van der Waals surface area contributed by atoms with E-state index in [1.807, 2.05) is 31.2 Å². The third-order valence-electron chi connectivity index (χ3n) is 2.64. The number of halogens is 2. The van der Waals surface area contributed by atoms with Crippen LogP contribution in [0.3, 0.4) is 0 Å². The number of anilines is 1. The Bertz CT molecular complexity index is 650. The van der Waals surface area contributed by atoms with Crippen molar-refractivity contribution in [2.24, 2.45) is 0 Å². The van der Waals surface area contributed by atoms with Gasteiger partial charge in [0.25, 0.3) is 0 Å². The molecule has 0 atom stereocenters. The van der Waals surface area contributed by atoms with Gasteiger partial charge in [-0.25, -0.2) is 0 Å². The number of allylic oxidation sites excluding steroid dienone is 2. The zero-order valence-corrected chi connectivity index (χ0v) is 13.2. The number of hydrogen-bond acceptors (Lipinski definition) is 2. The zero-order chi connectivity index (χ0) is 14.5. The molecule has 2 aromatic carbocycles. The van der Waals surface area contributed by atoms with E-state index in [1.165, 1.54) is 0 Å². The minimum atomic E-state index is -0.0540. The van der Waals surface area contributed by atoms with Crippen molar-refractivity contribution in [3.63, 3.8) is 0 Å². The minimum absolute atomic E-state index is 0.0540. The van der Waals surface area contributed by atoms with Crippen molar-refractivity contribution in [1.29, 1.82) is 0 Å². The summed E-state index contributed by atoms with van der Waals surface area (Å²) in [6.45, 7) is 1.86. The fourth-order valence-electron chi connectivity index (χ4n) is 1.72. The normalized spacial score (nSPS) is 11.2. The summed E-state index contributed by atoms with van der Waals surface area (Å²) in [4.78, 5) is 12.1. The van der Waals surface area contributed by atoms with Gasteiger partial charge in [-0.2, -0.15) is 0 Å². The van der Waals surface area contributed by atoms with Crippen molar-refractivity contribution in [2.45, 2.75) is 6.92 Å². The Kier molecular flexibility index (Phi) is 4.99. The van der Waals surface area contributed by atoms with Crippen molar-refractivity contribution < 1.29 is 4.79 Å². The van der Waals surface area contributed by atoms with Crippen LogP contribution >= 0.6 is 27.5 Å². The highest BCUT2D eigenvalue weighted by atomic mass is 79.9. The van der Waals surface area contributed by atoms with Crippen LogP contribution in [0.5, 0.6) is 0 Å². The first-order chi connectivity index (χ1) is 9.54. The van der Waals surface area contributed by atoms with E-state index in [1.54, 1.807) is 30.3 Å². The van der Waals surface area contributed by atoms with Gasteiger partial charge in [-0.3, -0.25) is 4.79 Å². The molecular weight excluding hydrogens is 338 g/mol. The second kappa shape index (κ2) is 6.73. The zero-order valence-electron chi connectivity index (χ0n) is 10.9. The van der Waals surface area contributed by atoms with Gasteiger partial charge in [-0.15, -0.1) is 0 Å². The van der Waals surface area contributed by atoms with Crippen LogP contribution in [0.15, 0.2) is 64.8 Å². The number of benzene rings is 2. The Labute approximate surface area is 131 Å². The van der Waals surface area contributed by atoms with E-state index in [0.717, 1.165) is 15.9 Å². The second-order valence-corrected chi connectivity index (χ2v) is 5.69. The summed E-state index contributed by atoms with van der Waals surface area (Å²) in [6, 6.07) is 14.6. The van der Waals surface area contributed by atoms with Gasteiger partial charge < -0.3 is 5.32 Å². The lowest BCUT2D eigenvalue weighted by atomic mass is 10.1. The van der Waals surface area contributed by atoms with Crippen molar-refractivity contribution >= 4 is 39.0 Å². The molecule has 0 amide bonds. The molecule has 0 spiro atoms. The van der Waals surface area contributed by atoms with E-state index in [0.29, 0.717) is 10.6 Å². The van der Waals surface area contributed by atoms with Crippen LogP contribution in [0.4, 0.5) is 5.69 Å². The van der Waals surface area contributed by atoms with Gasteiger partial charge >= 0.3 is 0 Å². The Morgan fingerprint density at radius 3 is 2.55 bits per heavy atom. The Hall–Kier alpha value is -1.58. The highest BCUT2D eigenvalue weighted by Gasteiger charge is 2.03. The Morgan fingerprint density at radius 1 is 1.20 bits per heavy atom. The molecule has 2 aromatic rings. The van der Waals surface area contributed by atoms with Gasteiger partial charge in [-0.1, -0.05) is 33.6 Å². The van der Waals surface area contributed by atoms with Crippen molar-refractivity contribution in [3.05, 3.63) is 75.4 Å². The van der Waals surface area contributed by atoms with Crippen LogP contribution in [0.2, 0.25) is 5.02 Å². The second-order valence-electron chi connectivity index (χ2n) is 4.33. The van der Waals surface area contributed by atoms with Crippen molar-refractivity contribution in [3.8, 4) is 0 Å². The predicted molar refractivity (Wildman–Crippen MR) is 87.3 cm³/mol. The standard InChI is InChI=1S/C16H13BrClNO/c1-11(19-15-4-2-3-13(17)10-15)9-16(20)12-5-7-14(18)8-6-12/h2-10,19H,1H3/b11-9+. The summed E-state index contributed by atoms with van der Waals surface area (Å²) in [5, 5.41) is 3.80. The number of carbonyl (C=O) groups is 1. The fourth-order valence-corrected chi connectivity index (χ4v) is 2.25. The quantitative estimate of drug-likeness (QED) is 0.599. The largest absolute Gasteiger partial charge is 0.359 e. The predicted octanol–water partition coefficient (Wildman–Crippen LogP) is 5.30. The number of ketones is 1.